The molecule has 1 aromatic heterocycles. The summed E-state index contributed by atoms with van der Waals surface area (Å²) in [6.07, 6.45) is -8.51. The molecule has 2 aromatic carbocycles. The first-order chi connectivity index (χ1) is 17.1. The molecule has 0 aliphatic rings. The Morgan fingerprint density at radius 3 is 2.11 bits per heavy atom. The summed E-state index contributed by atoms with van der Waals surface area (Å²) in [6.45, 7) is 9.50. The Hall–Kier alpha value is -3.42. The van der Waals surface area contributed by atoms with Gasteiger partial charge in [0.05, 0.1) is 16.8 Å². The lowest BCUT2D eigenvalue weighted by Gasteiger charge is -2.27. The van der Waals surface area contributed by atoms with Crippen LogP contribution in [0.15, 0.2) is 73.4 Å². The van der Waals surface area contributed by atoms with Crippen molar-refractivity contribution >= 4 is 11.4 Å². The molecule has 0 spiro atoms. The topological polar surface area (TPSA) is 30.0 Å². The minimum atomic E-state index is -4.75. The lowest BCUT2D eigenvalue weighted by atomic mass is 9.77. The number of carbonyl (C=O) groups is 1. The van der Waals surface area contributed by atoms with E-state index in [1.54, 1.807) is 0 Å². The number of alkyl halides is 6. The molecule has 0 aliphatic carbocycles. The van der Waals surface area contributed by atoms with Crippen LogP contribution in [0.2, 0.25) is 0 Å². The normalized spacial score (nSPS) is 13.3. The molecule has 2 nitrogen and oxygen atoms in total. The van der Waals surface area contributed by atoms with E-state index in [2.05, 4.69) is 11.6 Å². The average Bonchev–Trinajstić information content (AvgIpc) is 2.81. The highest BCUT2D eigenvalue weighted by Gasteiger charge is 2.38. The molecule has 37 heavy (non-hydrogen) atoms. The maximum absolute atomic E-state index is 13.8. The van der Waals surface area contributed by atoms with Crippen LogP contribution in [0.25, 0.3) is 5.57 Å². The molecule has 196 valence electrons. The molecule has 0 saturated carbocycles. The molecule has 0 saturated heterocycles. The van der Waals surface area contributed by atoms with Crippen molar-refractivity contribution in [2.75, 3.05) is 0 Å². The van der Waals surface area contributed by atoms with Gasteiger partial charge in [0.15, 0.2) is 0 Å². The number of Topliss-reactive ketones (excluding diaryl/α,β-unsaturated/α-hetero) is 1. The van der Waals surface area contributed by atoms with Gasteiger partial charge < -0.3 is 0 Å². The number of nitrogens with zero attached hydrogens (tertiary/aromatic N) is 1. The third-order valence-corrected chi connectivity index (χ3v) is 6.32. The molecule has 0 radical (unpaired) electrons. The van der Waals surface area contributed by atoms with Crippen LogP contribution < -0.4 is 0 Å². The second-order valence-corrected chi connectivity index (χ2v) is 9.77. The van der Waals surface area contributed by atoms with E-state index < -0.39 is 40.5 Å². The van der Waals surface area contributed by atoms with Crippen molar-refractivity contribution in [2.24, 2.45) is 0 Å². The van der Waals surface area contributed by atoms with Crippen LogP contribution in [0.4, 0.5) is 26.3 Å². The number of hydrogen-bond acceptors (Lipinski definition) is 2. The minimum Gasteiger partial charge on any atom is -0.300 e. The second-order valence-electron chi connectivity index (χ2n) is 9.77. The van der Waals surface area contributed by atoms with E-state index in [4.69, 9.17) is 0 Å². The van der Waals surface area contributed by atoms with Crippen molar-refractivity contribution in [3.63, 3.8) is 0 Å². The van der Waals surface area contributed by atoms with Gasteiger partial charge >= 0.3 is 12.4 Å². The number of aromatic nitrogens is 1. The highest BCUT2D eigenvalue weighted by molar-refractivity contribution is 5.81. The smallest absolute Gasteiger partial charge is 0.300 e. The molecular formula is C29H27F6NO. The first kappa shape index (κ1) is 28.2. The van der Waals surface area contributed by atoms with Crippen LogP contribution in [-0.2, 0) is 22.6 Å². The minimum absolute atomic E-state index is 0.0119. The van der Waals surface area contributed by atoms with Crippen molar-refractivity contribution in [1.82, 2.24) is 4.98 Å². The zero-order valence-electron chi connectivity index (χ0n) is 20.7. The molecule has 8 heteroatoms. The van der Waals surface area contributed by atoms with Crippen molar-refractivity contribution in [3.8, 4) is 0 Å². The van der Waals surface area contributed by atoms with E-state index in [0.717, 1.165) is 53.1 Å². The highest BCUT2D eigenvalue weighted by atomic mass is 19.4. The summed E-state index contributed by atoms with van der Waals surface area (Å²) in [7, 11) is 0. The van der Waals surface area contributed by atoms with Gasteiger partial charge in [-0.15, -0.1) is 0 Å². The standard InChI is InChI=1S/C29H27F6NO/c1-18(2)20-7-5-8-22(15-20)27(3,4)17-23(37)16-24(19-10-12-21(13-11-19)28(30,31)32)26-25(29(33,34)35)9-6-14-36-26/h5-15,24H,1,16-17H2,2-4H3/t24-/m0/s1. The summed E-state index contributed by atoms with van der Waals surface area (Å²) in [5.74, 6) is -1.51. The largest absolute Gasteiger partial charge is 0.418 e. The monoisotopic (exact) mass is 519 g/mol. The summed E-state index contributed by atoms with van der Waals surface area (Å²) in [5.41, 5.74) is -0.244. The number of carbonyl (C=O) groups excluding carboxylic acids is 1. The molecule has 0 amide bonds. The first-order valence-electron chi connectivity index (χ1n) is 11.6. The SMILES string of the molecule is C=C(C)c1cccc(C(C)(C)CC(=O)C[C@@H](c2ccc(C(F)(F)F)cc2)c2ncccc2C(F)(F)F)c1. The fourth-order valence-corrected chi connectivity index (χ4v) is 4.31. The van der Waals surface area contributed by atoms with E-state index in [0.29, 0.717) is 0 Å². The average molecular weight is 520 g/mol. The number of hydrogen-bond donors (Lipinski definition) is 0. The van der Waals surface area contributed by atoms with Crippen LogP contribution in [0.3, 0.4) is 0 Å². The Kier molecular flexibility index (Phi) is 8.00. The number of ketones is 1. The highest BCUT2D eigenvalue weighted by Crippen LogP contribution is 2.40. The molecule has 3 aromatic rings. The Morgan fingerprint density at radius 1 is 0.892 bits per heavy atom. The van der Waals surface area contributed by atoms with Gasteiger partial charge in [-0.2, -0.15) is 26.3 Å². The van der Waals surface area contributed by atoms with Gasteiger partial charge in [-0.1, -0.05) is 62.4 Å². The van der Waals surface area contributed by atoms with Crippen LogP contribution in [-0.4, -0.2) is 10.8 Å². The summed E-state index contributed by atoms with van der Waals surface area (Å²) < 4.78 is 80.6. The number of pyridine rings is 1. The lowest BCUT2D eigenvalue weighted by Crippen LogP contribution is -2.24. The van der Waals surface area contributed by atoms with Crippen LogP contribution in [0, 0.1) is 0 Å². The van der Waals surface area contributed by atoms with E-state index in [1.807, 2.05) is 45.0 Å². The van der Waals surface area contributed by atoms with Gasteiger partial charge in [0, 0.05) is 25.0 Å². The third-order valence-electron chi connectivity index (χ3n) is 6.32. The van der Waals surface area contributed by atoms with Gasteiger partial charge in [-0.3, -0.25) is 9.78 Å². The number of benzene rings is 2. The molecule has 0 N–H and O–H groups in total. The Morgan fingerprint density at radius 2 is 1.54 bits per heavy atom. The maximum atomic E-state index is 13.8. The van der Waals surface area contributed by atoms with Crippen molar-refractivity contribution in [1.29, 1.82) is 0 Å². The molecule has 0 unspecified atom stereocenters. The Bertz CT molecular complexity index is 1270. The van der Waals surface area contributed by atoms with Crippen molar-refractivity contribution in [3.05, 3.63) is 107 Å². The summed E-state index contributed by atoms with van der Waals surface area (Å²) in [5, 5.41) is 0. The van der Waals surface area contributed by atoms with Gasteiger partial charge in [0.1, 0.15) is 5.78 Å². The summed E-state index contributed by atoms with van der Waals surface area (Å²) in [4.78, 5) is 17.2. The van der Waals surface area contributed by atoms with Crippen LogP contribution in [0.1, 0.15) is 73.0 Å². The van der Waals surface area contributed by atoms with E-state index in [-0.39, 0.29) is 24.2 Å². The second kappa shape index (κ2) is 10.5. The van der Waals surface area contributed by atoms with E-state index >= 15 is 0 Å². The molecule has 0 fully saturated rings. The molecular weight excluding hydrogens is 492 g/mol. The number of allylic oxidation sites excluding steroid dienone is 1. The summed E-state index contributed by atoms with van der Waals surface area (Å²) >= 11 is 0. The maximum Gasteiger partial charge on any atom is 0.418 e. The fraction of sp³-hybridized carbons (Fsp3) is 0.310. The zero-order valence-corrected chi connectivity index (χ0v) is 20.7. The van der Waals surface area contributed by atoms with Gasteiger partial charge in [-0.25, -0.2) is 0 Å². The molecule has 1 atom stereocenters. The molecule has 1 heterocycles. The fourth-order valence-electron chi connectivity index (χ4n) is 4.31. The van der Waals surface area contributed by atoms with Gasteiger partial charge in [0.2, 0.25) is 0 Å². The van der Waals surface area contributed by atoms with Crippen molar-refractivity contribution < 1.29 is 31.1 Å². The molecule has 0 bridgehead atoms. The van der Waals surface area contributed by atoms with Crippen LogP contribution >= 0.6 is 0 Å². The lowest BCUT2D eigenvalue weighted by molar-refractivity contribution is -0.139. The molecule has 3 rings (SSSR count). The zero-order chi connectivity index (χ0) is 27.6. The van der Waals surface area contributed by atoms with Crippen molar-refractivity contribution in [2.45, 2.75) is 57.3 Å². The predicted octanol–water partition coefficient (Wildman–Crippen LogP) is 8.61. The Balaban J connectivity index is 1.98. The summed E-state index contributed by atoms with van der Waals surface area (Å²) in [6, 6.07) is 13.3. The number of rotatable bonds is 8. The first-order valence-corrected chi connectivity index (χ1v) is 11.6. The quantitative estimate of drug-likeness (QED) is 0.279. The number of halogens is 6. The van der Waals surface area contributed by atoms with Gasteiger partial charge in [0.25, 0.3) is 0 Å². The van der Waals surface area contributed by atoms with E-state index in [1.165, 1.54) is 6.20 Å². The van der Waals surface area contributed by atoms with Gasteiger partial charge in [-0.05, 0) is 53.3 Å². The molecule has 0 aliphatic heterocycles. The third kappa shape index (κ3) is 6.87. The van der Waals surface area contributed by atoms with Crippen LogP contribution in [0.5, 0.6) is 0 Å². The predicted molar refractivity (Wildman–Crippen MR) is 131 cm³/mol. The van der Waals surface area contributed by atoms with E-state index in [9.17, 15) is 31.1 Å². The Labute approximate surface area is 212 Å².